The van der Waals surface area contributed by atoms with Crippen molar-refractivity contribution in [3.05, 3.63) is 82.7 Å². The molecule has 0 radical (unpaired) electrons. The van der Waals surface area contributed by atoms with Gasteiger partial charge in [-0.15, -0.1) is 0 Å². The van der Waals surface area contributed by atoms with Gasteiger partial charge in [0.2, 0.25) is 15.9 Å². The highest BCUT2D eigenvalue weighted by atomic mass is 32.2. The molecule has 3 heterocycles. The van der Waals surface area contributed by atoms with Crippen LogP contribution < -0.4 is 4.72 Å². The van der Waals surface area contributed by atoms with Crippen LogP contribution in [0.5, 0.6) is 0 Å². The first-order valence-electron chi connectivity index (χ1n) is 62.7. The van der Waals surface area contributed by atoms with Gasteiger partial charge in [0, 0.05) is 95.9 Å². The fourth-order valence-corrected chi connectivity index (χ4v) is 20.0. The zero-order chi connectivity index (χ0) is 116. The molecule has 900 valence electrons. The van der Waals surface area contributed by atoms with Crippen molar-refractivity contribution in [3.8, 4) is 0 Å². The van der Waals surface area contributed by atoms with Gasteiger partial charge in [0.15, 0.2) is 0 Å². The van der Waals surface area contributed by atoms with E-state index in [4.69, 9.17) is 14.2 Å². The number of unbranched alkanes of at least 4 members (excludes halogenated alkanes) is 13. The fraction of sp³-hybridized carbons (Fsp3) is 0.891. The summed E-state index contributed by atoms with van der Waals surface area (Å²) in [6, 6.07) is 17.0. The standard InChI is InChI=1S/C11H23N.C10H14.C10H20.C10H22.C9H13N.C9H20.C8H15F3.C8H18O2.C8H20Si.C7H14F2.C7H12N2.C7H17N.C7H16.C6H14O2S.C6H14O.C5H13NO2S/c1-3-5-8-11(4-2)12-9-6-7-10-12;1-3-9-5-7-10(4-2)8-6-9;1-3-5-6-9(4-2)10-7-8-10;1-5-6-7-8-10(4)9(2)3;1-3-8-5-6-9(4-2)10-7-8;1-4-6-7-8-9(3)5-2;1-3-5-7(6-4-2)8(9,10)11;1-3-5-9-7-8-10-6-4-2;1-5-7-9(3,4)8-6-2;1-3-5-6-7(8,9)4-2;1-3-6-5-8-7(4-2)9-6;1-4-6-8(3)7-5-2;1-3-5-7-6-4-2;1-3-5-6-9(7,8)4-2;1-3-5-6-7-4-2;1-3-5-6-9(7,8)4-2/h11H,3-10H2,1-2H3;5-8H,3-4H2,1-2H3;9-10H,3-8H2,1-2H3;9-10H,5-8H2,1-4H3;5-7H,3-4H2,1-2H3;9H,4-8H2,1-3H3;7H,3-6H2,1-2H3;3-8H2,1-2H3;5-8H2,1-4H3;3-6H2,1-2H3;5H,3-4H2,1-2H3,(H,8,9);4-7H2,1-3H3;3-7H2,1-2H3;3-6H2,1-2H3;3-6H2,1-2H3;6H,3-5H2,1-2H3. The van der Waals surface area contributed by atoms with Gasteiger partial charge in [0.25, 0.3) is 0 Å². The number of alkyl halides is 5. The molecule has 2 N–H and O–H groups in total. The molecule has 0 spiro atoms. The number of benzene rings is 1. The van der Waals surface area contributed by atoms with Gasteiger partial charge in [-0.05, 0) is 234 Å². The molecule has 3 aromatic rings. The van der Waals surface area contributed by atoms with E-state index in [1.807, 2.05) is 40.1 Å². The Bertz CT molecular complexity index is 2990. The molecule has 1 aliphatic heterocycles. The Morgan fingerprint density at radius 2 is 0.899 bits per heavy atom. The maximum absolute atomic E-state index is 12.3. The molecule has 21 heteroatoms. The number of ether oxygens (including phenoxy) is 3. The van der Waals surface area contributed by atoms with Crippen LogP contribution in [0.1, 0.15) is 565 Å². The Kier molecular flexibility index (Phi) is 144. The van der Waals surface area contributed by atoms with Crippen LogP contribution in [0, 0.1) is 35.5 Å². The van der Waals surface area contributed by atoms with Crippen LogP contribution in [0.15, 0.2) is 48.8 Å². The van der Waals surface area contributed by atoms with E-state index in [1.165, 1.54) is 279 Å². The van der Waals surface area contributed by atoms with E-state index in [0.29, 0.717) is 31.6 Å². The lowest BCUT2D eigenvalue weighted by molar-refractivity contribution is -0.178. The second-order valence-corrected chi connectivity index (χ2v) is 52.0. The van der Waals surface area contributed by atoms with Crippen LogP contribution in [0.4, 0.5) is 22.0 Å². The van der Waals surface area contributed by atoms with Crippen molar-refractivity contribution in [2.75, 3.05) is 96.7 Å². The summed E-state index contributed by atoms with van der Waals surface area (Å²) in [5.41, 5.74) is 6.58. The number of aromatic amines is 1. The lowest BCUT2D eigenvalue weighted by Gasteiger charge is -2.26. The van der Waals surface area contributed by atoms with Crippen molar-refractivity contribution >= 4 is 27.9 Å². The monoisotopic (exact) mass is 2190 g/mol. The maximum atomic E-state index is 12.3. The fourth-order valence-electron chi connectivity index (χ4n) is 15.3. The van der Waals surface area contributed by atoms with E-state index in [0.717, 1.165) is 158 Å². The van der Waals surface area contributed by atoms with E-state index >= 15 is 0 Å². The second kappa shape index (κ2) is 127. The van der Waals surface area contributed by atoms with E-state index in [9.17, 15) is 38.8 Å². The summed E-state index contributed by atoms with van der Waals surface area (Å²) >= 11 is 0. The van der Waals surface area contributed by atoms with Crippen molar-refractivity contribution in [2.24, 2.45) is 35.5 Å². The molecule has 149 heavy (non-hydrogen) atoms. The SMILES string of the molecule is CCCC(CCC)C(F)(F)F.CCCCC(CC)C1CC1.CCCCC(CC)N1CCCC1.CCCCC(F)(F)CC.CCCCCC(C)C(C)C.CCCCCC(C)CC.CCCCCCC.CCCCOCC.CCCCS(=O)(=O)CC.CCCN(C)CCC.CCCNS(=O)(=O)CC.CCCOCCOCCC.CCC[Si](C)(C)CCC.CCc1ccc(CC)cc1.CCc1ccc(CC)nc1.CCc1cnc(CC)[nH]1. The molecule has 5 rings (SSSR count). The highest BCUT2D eigenvalue weighted by molar-refractivity contribution is 7.91. The summed E-state index contributed by atoms with van der Waals surface area (Å²) in [6.07, 6.45) is 59.0. The van der Waals surface area contributed by atoms with Crippen molar-refractivity contribution in [1.29, 1.82) is 0 Å². The first-order chi connectivity index (χ1) is 70.9. The number of aryl methyl sites for hydroxylation is 6. The number of hydrogen-bond donors (Lipinski definition) is 2. The summed E-state index contributed by atoms with van der Waals surface area (Å²) in [5.74, 6) is 3.40. The van der Waals surface area contributed by atoms with Crippen LogP contribution in [-0.2, 0) is 72.6 Å². The molecule has 1 saturated heterocycles. The number of sulfone groups is 1. The Morgan fingerprint density at radius 1 is 0.436 bits per heavy atom. The van der Waals surface area contributed by atoms with Crippen LogP contribution in [0.25, 0.3) is 0 Å². The maximum Gasteiger partial charge on any atom is 0.391 e. The molecule has 2 fully saturated rings. The molecule has 1 saturated carbocycles. The summed E-state index contributed by atoms with van der Waals surface area (Å²) < 4.78 is 122. The van der Waals surface area contributed by atoms with Crippen LogP contribution in [-0.4, -0.2) is 164 Å². The zero-order valence-electron chi connectivity index (χ0n) is 107. The summed E-state index contributed by atoms with van der Waals surface area (Å²) in [6.45, 7) is 90.2. The highest BCUT2D eigenvalue weighted by Gasteiger charge is 2.37. The molecule has 0 amide bonds. The van der Waals surface area contributed by atoms with Crippen molar-refractivity contribution < 1.29 is 53.0 Å². The van der Waals surface area contributed by atoms with Crippen LogP contribution in [0.2, 0.25) is 25.2 Å². The normalized spacial score (nSPS) is 12.8. The van der Waals surface area contributed by atoms with E-state index in [-0.39, 0.29) is 37.2 Å². The molecule has 1 aliphatic carbocycles. The zero-order valence-corrected chi connectivity index (χ0v) is 110. The number of sulfonamides is 1. The van der Waals surface area contributed by atoms with E-state index in [2.05, 4.69) is 266 Å². The molecular formula is C128H265F5N6O7S2Si. The number of rotatable bonds is 65. The number of hydrogen-bond acceptors (Lipinski definition) is 11. The first-order valence-corrected chi connectivity index (χ1v) is 69.6. The van der Waals surface area contributed by atoms with Crippen molar-refractivity contribution in [1.82, 2.24) is 29.5 Å². The molecule has 0 bridgehead atoms. The Hall–Kier alpha value is -2.89. The molecule has 4 atom stereocenters. The number of pyridine rings is 1. The lowest BCUT2D eigenvalue weighted by Crippen LogP contribution is -2.31. The number of halogens is 5. The van der Waals surface area contributed by atoms with Gasteiger partial charge in [0.05, 0.1) is 30.6 Å². The molecule has 2 aromatic heterocycles. The van der Waals surface area contributed by atoms with Gasteiger partial charge in [-0.1, -0.05) is 457 Å². The van der Waals surface area contributed by atoms with Crippen LogP contribution in [0.3, 0.4) is 0 Å². The van der Waals surface area contributed by atoms with Gasteiger partial charge in [0.1, 0.15) is 15.7 Å². The van der Waals surface area contributed by atoms with Gasteiger partial charge in [-0.3, -0.25) is 4.98 Å². The predicted octanol–water partition coefficient (Wildman–Crippen LogP) is 41.1. The quantitative estimate of drug-likeness (QED) is 0.0315. The Labute approximate surface area is 932 Å². The van der Waals surface area contributed by atoms with Gasteiger partial charge in [-0.25, -0.2) is 35.3 Å². The molecule has 1 aromatic carbocycles. The smallest absolute Gasteiger partial charge is 0.382 e. The summed E-state index contributed by atoms with van der Waals surface area (Å²) in [7, 11) is -4.14. The number of aromatic nitrogens is 3. The summed E-state index contributed by atoms with van der Waals surface area (Å²) in [5, 5.41) is 0. The van der Waals surface area contributed by atoms with Gasteiger partial charge < -0.3 is 29.0 Å². The minimum atomic E-state index is -3.98. The molecule has 4 unspecified atom stereocenters. The Balaban J connectivity index is -0.000000152. The first kappa shape index (κ1) is 169. The van der Waals surface area contributed by atoms with E-state index in [1.54, 1.807) is 27.7 Å². The third-order valence-corrected chi connectivity index (χ3v) is 33.5. The number of imidazole rings is 1. The average Bonchev–Trinajstić information content (AvgIpc) is 1.86. The number of H-pyrrole nitrogens is 1. The second-order valence-electron chi connectivity index (χ2n) is 42.1. The predicted molar refractivity (Wildman–Crippen MR) is 663 cm³/mol. The molecular weight excluding hydrogens is 1920 g/mol. The van der Waals surface area contributed by atoms with Gasteiger partial charge in [-0.2, -0.15) is 13.2 Å². The molecule has 13 nitrogen and oxygen atoms in total. The topological polar surface area (TPSA) is 156 Å². The number of likely N-dealkylation sites (tertiary alicyclic amines) is 1. The van der Waals surface area contributed by atoms with E-state index < -0.39 is 46.0 Å². The highest BCUT2D eigenvalue weighted by Crippen LogP contribution is 2.41. The number of nitrogens with one attached hydrogen (secondary N) is 2. The minimum Gasteiger partial charge on any atom is -0.382 e. The van der Waals surface area contributed by atoms with Gasteiger partial charge >= 0.3 is 6.18 Å². The summed E-state index contributed by atoms with van der Waals surface area (Å²) in [4.78, 5) is 16.7. The average molecular weight is 2190 g/mol. The largest absolute Gasteiger partial charge is 0.391 e. The third kappa shape index (κ3) is 134. The van der Waals surface area contributed by atoms with Crippen molar-refractivity contribution in [2.45, 2.75) is 613 Å². The molecule has 2 aliphatic rings. The Morgan fingerprint density at radius 3 is 1.23 bits per heavy atom. The number of nitrogens with zero attached hydrogens (tertiary/aromatic N) is 4. The van der Waals surface area contributed by atoms with Crippen molar-refractivity contribution in [3.63, 3.8) is 0 Å². The minimum absolute atomic E-state index is 0.0208. The lowest BCUT2D eigenvalue weighted by atomic mass is 9.92. The van der Waals surface area contributed by atoms with Crippen LogP contribution >= 0.6 is 0 Å². The third-order valence-electron chi connectivity index (χ3n) is 26.6.